The molecule has 0 amide bonds. The van der Waals surface area contributed by atoms with Crippen molar-refractivity contribution in [2.75, 3.05) is 0 Å². The topological polar surface area (TPSA) is 99.6 Å². The minimum atomic E-state index is -0.439. The number of aryl methyl sites for hydroxylation is 1. The van der Waals surface area contributed by atoms with Crippen molar-refractivity contribution in [2.45, 2.75) is 30.6 Å². The molecular weight excluding hydrogens is 328 g/mol. The van der Waals surface area contributed by atoms with Gasteiger partial charge in [0, 0.05) is 30.6 Å². The Morgan fingerprint density at radius 1 is 1.29 bits per heavy atom. The van der Waals surface area contributed by atoms with Crippen LogP contribution >= 0.6 is 11.8 Å². The summed E-state index contributed by atoms with van der Waals surface area (Å²) in [6.45, 7) is 4.31. The van der Waals surface area contributed by atoms with Crippen LogP contribution in [0.2, 0.25) is 0 Å². The average molecular weight is 342 g/mol. The van der Waals surface area contributed by atoms with E-state index in [1.165, 1.54) is 17.8 Å². The lowest BCUT2D eigenvalue weighted by Gasteiger charge is -2.07. The lowest BCUT2D eigenvalue weighted by molar-refractivity contribution is -0.385. The molecule has 3 rings (SSSR count). The predicted octanol–water partition coefficient (Wildman–Crippen LogP) is 3.12. The summed E-state index contributed by atoms with van der Waals surface area (Å²) in [6, 6.07) is 6.84. The van der Waals surface area contributed by atoms with E-state index >= 15 is 0 Å². The molecule has 0 aliphatic heterocycles. The summed E-state index contributed by atoms with van der Waals surface area (Å²) in [4.78, 5) is 18.8. The van der Waals surface area contributed by atoms with E-state index in [1.54, 1.807) is 25.4 Å². The van der Waals surface area contributed by atoms with Gasteiger partial charge in [0.2, 0.25) is 0 Å². The smallest absolute Gasteiger partial charge is 0.290 e. The van der Waals surface area contributed by atoms with Gasteiger partial charge in [-0.05, 0) is 43.8 Å². The second kappa shape index (κ2) is 6.75. The van der Waals surface area contributed by atoms with Crippen molar-refractivity contribution in [1.29, 1.82) is 0 Å². The maximum atomic E-state index is 10.9. The number of hydrogen-bond acceptors (Lipinski definition) is 7. The molecule has 0 bridgehead atoms. The Labute approximate surface area is 142 Å². The fraction of sp³-hybridized carbons (Fsp3) is 0.200. The van der Waals surface area contributed by atoms with E-state index < -0.39 is 4.92 Å². The average Bonchev–Trinajstić information content (AvgIpc) is 2.98. The van der Waals surface area contributed by atoms with Crippen LogP contribution < -0.4 is 0 Å². The second-order valence-corrected chi connectivity index (χ2v) is 5.89. The molecule has 0 aliphatic carbocycles. The van der Waals surface area contributed by atoms with Gasteiger partial charge in [0.1, 0.15) is 10.7 Å². The summed E-state index contributed by atoms with van der Waals surface area (Å²) in [5, 5.41) is 20.7. The molecule has 24 heavy (non-hydrogen) atoms. The van der Waals surface area contributed by atoms with Crippen molar-refractivity contribution in [3.8, 4) is 11.4 Å². The molecule has 0 radical (unpaired) electrons. The van der Waals surface area contributed by atoms with Crippen molar-refractivity contribution < 1.29 is 4.92 Å². The molecule has 0 fully saturated rings. The number of aromatic nitrogens is 5. The van der Waals surface area contributed by atoms with Gasteiger partial charge in [0.05, 0.1) is 4.92 Å². The van der Waals surface area contributed by atoms with Gasteiger partial charge in [-0.1, -0.05) is 0 Å². The zero-order valence-electron chi connectivity index (χ0n) is 13.1. The predicted molar refractivity (Wildman–Crippen MR) is 88.7 cm³/mol. The van der Waals surface area contributed by atoms with Crippen molar-refractivity contribution in [3.05, 3.63) is 52.5 Å². The van der Waals surface area contributed by atoms with E-state index in [2.05, 4.69) is 20.2 Å². The third-order valence-electron chi connectivity index (χ3n) is 3.38. The van der Waals surface area contributed by atoms with E-state index in [0.29, 0.717) is 22.4 Å². The Morgan fingerprint density at radius 3 is 2.75 bits per heavy atom. The standard InChI is InChI=1S/C15H14N6O2S/c1-3-20-14(11-5-4-8-16-9-11)18-19-15(20)24-13-7-6-12(21(22)23)10(2)17-13/h4-9H,3H2,1-2H3. The maximum absolute atomic E-state index is 10.9. The normalized spacial score (nSPS) is 10.8. The van der Waals surface area contributed by atoms with Crippen LogP contribution in [0.5, 0.6) is 0 Å². The van der Waals surface area contributed by atoms with Gasteiger partial charge < -0.3 is 4.57 Å². The van der Waals surface area contributed by atoms with Crippen molar-refractivity contribution in [3.63, 3.8) is 0 Å². The fourth-order valence-corrected chi connectivity index (χ4v) is 3.14. The summed E-state index contributed by atoms with van der Waals surface area (Å²) in [6.07, 6.45) is 3.44. The first-order valence-electron chi connectivity index (χ1n) is 7.23. The number of nitro groups is 1. The third kappa shape index (κ3) is 3.11. The minimum absolute atomic E-state index is 0.00681. The van der Waals surface area contributed by atoms with Gasteiger partial charge >= 0.3 is 0 Å². The molecular formula is C15H14N6O2S. The molecule has 3 aromatic heterocycles. The second-order valence-electron chi connectivity index (χ2n) is 4.91. The van der Waals surface area contributed by atoms with Gasteiger partial charge in [0.25, 0.3) is 5.69 Å². The SMILES string of the molecule is CCn1c(Sc2ccc([N+](=O)[O-])c(C)n2)nnc1-c1cccnc1. The largest absolute Gasteiger partial charge is 0.302 e. The van der Waals surface area contributed by atoms with Crippen molar-refractivity contribution >= 4 is 17.4 Å². The molecule has 0 unspecified atom stereocenters. The first-order valence-corrected chi connectivity index (χ1v) is 8.05. The zero-order chi connectivity index (χ0) is 17.1. The summed E-state index contributed by atoms with van der Waals surface area (Å²) >= 11 is 1.32. The van der Waals surface area contributed by atoms with Crippen LogP contribution in [-0.4, -0.2) is 29.7 Å². The third-order valence-corrected chi connectivity index (χ3v) is 4.30. The highest BCUT2D eigenvalue weighted by molar-refractivity contribution is 7.99. The monoisotopic (exact) mass is 342 g/mol. The van der Waals surface area contributed by atoms with E-state index in [4.69, 9.17) is 0 Å². The summed E-state index contributed by atoms with van der Waals surface area (Å²) in [5.41, 5.74) is 1.26. The van der Waals surface area contributed by atoms with Crippen LogP contribution in [0.4, 0.5) is 5.69 Å². The van der Waals surface area contributed by atoms with Crippen molar-refractivity contribution in [1.82, 2.24) is 24.7 Å². The summed E-state index contributed by atoms with van der Waals surface area (Å²) in [7, 11) is 0. The van der Waals surface area contributed by atoms with Crippen LogP contribution in [0, 0.1) is 17.0 Å². The van der Waals surface area contributed by atoms with Gasteiger partial charge in [-0.15, -0.1) is 10.2 Å². The lowest BCUT2D eigenvalue weighted by Crippen LogP contribution is -2.00. The lowest BCUT2D eigenvalue weighted by atomic mass is 10.3. The van der Waals surface area contributed by atoms with E-state index in [1.807, 2.05) is 23.6 Å². The highest BCUT2D eigenvalue weighted by atomic mass is 32.2. The van der Waals surface area contributed by atoms with Gasteiger partial charge in [0.15, 0.2) is 11.0 Å². The number of nitrogens with zero attached hydrogens (tertiary/aromatic N) is 6. The first-order chi connectivity index (χ1) is 11.6. The van der Waals surface area contributed by atoms with Crippen LogP contribution in [0.15, 0.2) is 46.8 Å². The van der Waals surface area contributed by atoms with Crippen LogP contribution in [-0.2, 0) is 6.54 Å². The molecule has 0 saturated carbocycles. The van der Waals surface area contributed by atoms with Crippen LogP contribution in [0.3, 0.4) is 0 Å². The number of hydrogen-bond donors (Lipinski definition) is 0. The molecule has 0 spiro atoms. The maximum Gasteiger partial charge on any atom is 0.290 e. The highest BCUT2D eigenvalue weighted by Crippen LogP contribution is 2.29. The van der Waals surface area contributed by atoms with Crippen molar-refractivity contribution in [2.24, 2.45) is 0 Å². The van der Waals surface area contributed by atoms with E-state index in [0.717, 1.165) is 11.4 Å². The molecule has 0 aliphatic rings. The molecule has 0 N–H and O–H groups in total. The molecule has 9 heteroatoms. The molecule has 122 valence electrons. The van der Waals surface area contributed by atoms with E-state index in [-0.39, 0.29) is 5.69 Å². The van der Waals surface area contributed by atoms with Gasteiger partial charge in [-0.3, -0.25) is 15.1 Å². The minimum Gasteiger partial charge on any atom is -0.302 e. The quantitative estimate of drug-likeness (QED) is 0.518. The number of rotatable bonds is 5. The zero-order valence-corrected chi connectivity index (χ0v) is 13.9. The Morgan fingerprint density at radius 2 is 2.12 bits per heavy atom. The molecule has 3 heterocycles. The Balaban J connectivity index is 1.93. The van der Waals surface area contributed by atoms with Crippen LogP contribution in [0.25, 0.3) is 11.4 Å². The van der Waals surface area contributed by atoms with Gasteiger partial charge in [-0.2, -0.15) is 0 Å². The summed E-state index contributed by atoms with van der Waals surface area (Å²) < 4.78 is 1.96. The summed E-state index contributed by atoms with van der Waals surface area (Å²) in [5.74, 6) is 0.728. The Hall–Kier alpha value is -2.81. The highest BCUT2D eigenvalue weighted by Gasteiger charge is 2.17. The Kier molecular flexibility index (Phi) is 4.52. The fourth-order valence-electron chi connectivity index (χ4n) is 2.23. The molecule has 0 saturated heterocycles. The molecule has 8 nitrogen and oxygen atoms in total. The Bertz CT molecular complexity index is 881. The molecule has 0 aromatic carbocycles. The van der Waals surface area contributed by atoms with Crippen LogP contribution in [0.1, 0.15) is 12.6 Å². The molecule has 3 aromatic rings. The molecule has 0 atom stereocenters. The van der Waals surface area contributed by atoms with Gasteiger partial charge in [-0.25, -0.2) is 4.98 Å². The van der Waals surface area contributed by atoms with E-state index in [9.17, 15) is 10.1 Å². The number of pyridine rings is 2. The first kappa shape index (κ1) is 16.1.